The Balaban J connectivity index is 0.000000387. The van der Waals surface area contributed by atoms with Crippen molar-refractivity contribution >= 4 is 41.4 Å². The molecule has 6 N–H and O–H groups in total. The molecule has 0 bridgehead atoms. The number of carbonyl (C=O) groups is 7. The number of amides is 6. The number of aliphatic hydroxyl groups is 2. The maximum absolute atomic E-state index is 14.4. The van der Waals surface area contributed by atoms with Gasteiger partial charge in [-0.3, -0.25) is 33.6 Å². The number of nitrogens with two attached hydrogens (primary N) is 1. The maximum atomic E-state index is 14.4. The van der Waals surface area contributed by atoms with E-state index in [9.17, 15) is 43.8 Å². The lowest BCUT2D eigenvalue weighted by Gasteiger charge is -2.40. The van der Waals surface area contributed by atoms with Crippen molar-refractivity contribution in [3.05, 3.63) is 131 Å². The molecule has 0 unspecified atom stereocenters. The van der Waals surface area contributed by atoms with Crippen LogP contribution in [0.15, 0.2) is 109 Å². The SMILES string of the molecule is CC#N.CC[C@H](C)[C@@H]([C@@H](CC(=O)N1CCC[C@H]1[C@H](OC)[C@@H](C)C(=O)N[C@H](C)[C@@H](O)c1ccccc1)OC)N(C)C(=O)[C@@H](CC(=O)OCC1c2ccccc2-c2ccccc21)C(C)C.CC[C@H](C)[C@@H]([C@@H](CC(=O)N1CCC[C@H]1[C@H](OC)[C@@H](C)C(=O)N[C@H](C)[C@@H](O)c1ccccc1)OC)N(C)C(=O)[C@@H](N)C(C)C. The number of nitriles is 1. The normalized spacial score (nSPS) is 19.3. The van der Waals surface area contributed by atoms with Gasteiger partial charge in [0.05, 0.1) is 122 Å². The molecule has 18 atom stereocenters. The Hall–Kier alpha value is -7.62. The first-order chi connectivity index (χ1) is 50.4. The molecule has 7 rings (SSSR count). The highest BCUT2D eigenvalue weighted by molar-refractivity contribution is 5.86. The molecule has 4 aromatic carbocycles. The number of hydrogen-bond acceptors (Lipinski definition) is 16. The first kappa shape index (κ1) is 89.0. The van der Waals surface area contributed by atoms with E-state index in [4.69, 9.17) is 34.7 Å². The predicted octanol–water partition coefficient (Wildman–Crippen LogP) is 10.8. The van der Waals surface area contributed by atoms with E-state index >= 15 is 0 Å². The Morgan fingerprint density at radius 2 is 0.925 bits per heavy atom. The van der Waals surface area contributed by atoms with Gasteiger partial charge < -0.3 is 69.9 Å². The highest BCUT2D eigenvalue weighted by atomic mass is 16.5. The lowest BCUT2D eigenvalue weighted by atomic mass is 9.86. The zero-order chi connectivity index (χ0) is 78.8. The first-order valence-electron chi connectivity index (χ1n) is 38.2. The lowest BCUT2D eigenvalue weighted by molar-refractivity contribution is -0.153. The Bertz CT molecular complexity index is 3400. The topological polar surface area (TPSA) is 293 Å². The summed E-state index contributed by atoms with van der Waals surface area (Å²) in [6, 6.07) is 33.4. The third kappa shape index (κ3) is 23.0. The van der Waals surface area contributed by atoms with Gasteiger partial charge in [0.2, 0.25) is 35.4 Å². The van der Waals surface area contributed by atoms with Crippen LogP contribution in [0.5, 0.6) is 0 Å². The summed E-state index contributed by atoms with van der Waals surface area (Å²) in [6.45, 7) is 25.7. The largest absolute Gasteiger partial charge is 0.465 e. The quantitative estimate of drug-likeness (QED) is 0.0265. The smallest absolute Gasteiger partial charge is 0.306 e. The second-order valence-electron chi connectivity index (χ2n) is 29.9. The molecule has 2 saturated heterocycles. The molecule has 2 fully saturated rings. The van der Waals surface area contributed by atoms with Crippen molar-refractivity contribution in [3.63, 3.8) is 0 Å². The molecule has 0 aromatic heterocycles. The highest BCUT2D eigenvalue weighted by Gasteiger charge is 2.46. The Morgan fingerprint density at radius 3 is 1.27 bits per heavy atom. The van der Waals surface area contributed by atoms with Gasteiger partial charge in [0, 0.05) is 68.5 Å². The van der Waals surface area contributed by atoms with Crippen LogP contribution in [0, 0.1) is 52.8 Å². The second-order valence-corrected chi connectivity index (χ2v) is 29.9. The van der Waals surface area contributed by atoms with Gasteiger partial charge in [-0.2, -0.15) is 5.26 Å². The third-order valence-electron chi connectivity index (χ3n) is 22.4. The third-order valence-corrected chi connectivity index (χ3v) is 22.4. The van der Waals surface area contributed by atoms with E-state index in [-0.39, 0.29) is 109 Å². The highest BCUT2D eigenvalue weighted by Crippen LogP contribution is 2.45. The van der Waals surface area contributed by atoms with Crippen molar-refractivity contribution in [2.75, 3.05) is 62.2 Å². The summed E-state index contributed by atoms with van der Waals surface area (Å²) in [7, 11) is 9.76. The fraction of sp³-hybridized carbons (Fsp3) is 0.619. The van der Waals surface area contributed by atoms with E-state index in [1.165, 1.54) is 6.92 Å². The number of benzene rings is 4. The number of aliphatic hydroxyl groups excluding tert-OH is 2. The zero-order valence-electron chi connectivity index (χ0n) is 66.6. The van der Waals surface area contributed by atoms with E-state index in [0.717, 1.165) is 53.5 Å². The molecule has 2 aliphatic heterocycles. The monoisotopic (exact) mass is 1470 g/mol. The minimum absolute atomic E-state index is 0.0183. The molecule has 22 heteroatoms. The number of rotatable bonds is 36. The number of ether oxygens (including phenoxy) is 5. The molecule has 1 aliphatic carbocycles. The van der Waals surface area contributed by atoms with Crippen LogP contribution in [0.1, 0.15) is 188 Å². The number of hydrogen-bond donors (Lipinski definition) is 5. The fourth-order valence-corrected chi connectivity index (χ4v) is 15.6. The summed E-state index contributed by atoms with van der Waals surface area (Å²) in [5.74, 6) is -3.56. The lowest BCUT2D eigenvalue weighted by Crippen LogP contribution is -2.56. The molecule has 2 heterocycles. The molecule has 106 heavy (non-hydrogen) atoms. The average molecular weight is 1470 g/mol. The summed E-state index contributed by atoms with van der Waals surface area (Å²) in [5, 5.41) is 34.8. The van der Waals surface area contributed by atoms with Crippen LogP contribution in [0.3, 0.4) is 0 Å². The summed E-state index contributed by atoms with van der Waals surface area (Å²) in [5.41, 5.74) is 12.2. The van der Waals surface area contributed by atoms with E-state index in [1.807, 2.05) is 124 Å². The number of carbonyl (C=O) groups excluding carboxylic acids is 7. The van der Waals surface area contributed by atoms with Crippen LogP contribution in [-0.4, -0.2) is 200 Å². The van der Waals surface area contributed by atoms with Gasteiger partial charge in [-0.25, -0.2) is 0 Å². The van der Waals surface area contributed by atoms with E-state index in [1.54, 1.807) is 91.0 Å². The predicted molar refractivity (Wildman–Crippen MR) is 412 cm³/mol. The summed E-state index contributed by atoms with van der Waals surface area (Å²) >= 11 is 0. The van der Waals surface area contributed by atoms with Crippen molar-refractivity contribution in [2.24, 2.45) is 47.2 Å². The number of fused-ring (bicyclic) bond motifs is 3. The van der Waals surface area contributed by atoms with Crippen LogP contribution >= 0.6 is 0 Å². The minimum atomic E-state index is -0.883. The Labute approximate surface area is 632 Å². The van der Waals surface area contributed by atoms with Gasteiger partial charge in [0.15, 0.2) is 0 Å². The number of esters is 1. The fourth-order valence-electron chi connectivity index (χ4n) is 15.6. The van der Waals surface area contributed by atoms with Gasteiger partial charge in [0.25, 0.3) is 0 Å². The second kappa shape index (κ2) is 43.4. The number of likely N-dealkylation sites (N-methyl/N-ethyl adjacent to an activating group) is 2. The van der Waals surface area contributed by atoms with Crippen molar-refractivity contribution in [1.82, 2.24) is 30.2 Å². The van der Waals surface area contributed by atoms with Crippen molar-refractivity contribution in [2.45, 2.75) is 233 Å². The zero-order valence-corrected chi connectivity index (χ0v) is 66.6. The molecular formula is C84H126N8O14. The van der Waals surface area contributed by atoms with Crippen LogP contribution < -0.4 is 16.4 Å². The number of likely N-dealkylation sites (tertiary alicyclic amines) is 2. The molecule has 6 amide bonds. The number of nitrogens with one attached hydrogen (secondary N) is 2. The standard InChI is InChI=1S/C49H67N3O8.C33H56N4O6.C2H3N/c1-10-31(4)45(51(7)49(57)39(30(2)3)27-44(54)60-29-40-37-23-16-14-21-35(37)36-22-15-17-24-38(36)40)42(58-8)28-43(53)52-26-18-25-41(52)47(59-9)32(5)48(56)50-33(6)46(55)34-19-12-11-13-20-34;1-10-21(4)29(36(7)33(41)28(34)20(2)3)26(42-8)19-27(38)37-18-14-17-25(37)31(43-9)22(5)32(40)35-23(6)30(39)24-15-12-11-13-16-24;1-2-3/h11-17,19-24,30-33,39-42,45-47,55H,10,18,25-29H2,1-9H3,(H,50,56);11-13,15-16,20-23,25-26,28-31,39H,10,14,17-19,34H2,1-9H3,(H,35,40);1H3/t31-,32+,33+,39-,41-,42+,45-,46+,47+;21-,22+,23+,25-,26+,28-,29-,30+,31+;/m00./s1. The maximum Gasteiger partial charge on any atom is 0.306 e. The number of nitrogens with zero attached hydrogens (tertiary/aromatic N) is 5. The van der Waals surface area contributed by atoms with Crippen molar-refractivity contribution in [1.29, 1.82) is 5.26 Å². The number of methoxy groups -OCH3 is 4. The van der Waals surface area contributed by atoms with Gasteiger partial charge in [-0.15, -0.1) is 0 Å². The van der Waals surface area contributed by atoms with Crippen molar-refractivity contribution < 1.29 is 67.5 Å². The molecule has 0 saturated carbocycles. The summed E-state index contributed by atoms with van der Waals surface area (Å²) in [4.78, 5) is 103. The van der Waals surface area contributed by atoms with Crippen LogP contribution in [0.2, 0.25) is 0 Å². The molecule has 0 spiro atoms. The molecular weight excluding hydrogens is 1340 g/mol. The Morgan fingerprint density at radius 1 is 0.557 bits per heavy atom. The first-order valence-corrected chi connectivity index (χ1v) is 38.2. The van der Waals surface area contributed by atoms with Crippen LogP contribution in [0.25, 0.3) is 11.1 Å². The van der Waals surface area contributed by atoms with Gasteiger partial charge in [0.1, 0.15) is 6.61 Å². The Kier molecular flexibility index (Phi) is 36.4. The van der Waals surface area contributed by atoms with E-state index in [2.05, 4.69) is 55.7 Å². The molecule has 586 valence electrons. The summed E-state index contributed by atoms with van der Waals surface area (Å²) in [6.07, 6.45) is 0.487. The van der Waals surface area contributed by atoms with Gasteiger partial charge in [-0.05, 0) is 96.6 Å². The van der Waals surface area contributed by atoms with E-state index in [0.29, 0.717) is 31.5 Å². The van der Waals surface area contributed by atoms with Crippen LogP contribution in [-0.2, 0) is 57.2 Å². The van der Waals surface area contributed by atoms with Crippen LogP contribution in [0.4, 0.5) is 0 Å². The van der Waals surface area contributed by atoms with Crippen molar-refractivity contribution in [3.8, 4) is 17.2 Å². The molecule has 3 aliphatic rings. The average Bonchev–Trinajstić information content (AvgIpc) is 1.62. The van der Waals surface area contributed by atoms with Gasteiger partial charge in [-0.1, -0.05) is 191 Å². The minimum Gasteiger partial charge on any atom is -0.465 e. The molecule has 0 radical (unpaired) electrons. The summed E-state index contributed by atoms with van der Waals surface area (Å²) < 4.78 is 29.7. The molecule has 4 aromatic rings. The van der Waals surface area contributed by atoms with Gasteiger partial charge >= 0.3 is 5.97 Å². The molecule has 22 nitrogen and oxygen atoms in total. The van der Waals surface area contributed by atoms with E-state index < -0.39 is 84.5 Å².